The highest BCUT2D eigenvalue weighted by molar-refractivity contribution is 7.89. The van der Waals surface area contributed by atoms with Gasteiger partial charge in [-0.05, 0) is 61.7 Å². The third-order valence-electron chi connectivity index (χ3n) is 5.89. The molecule has 0 unspecified atom stereocenters. The smallest absolute Gasteiger partial charge is 0.251 e. The van der Waals surface area contributed by atoms with Crippen molar-refractivity contribution >= 4 is 26.0 Å². The Kier molecular flexibility index (Phi) is 8.92. The molecule has 0 aromatic heterocycles. The molecule has 0 saturated carbocycles. The maximum absolute atomic E-state index is 13.2. The Hall–Kier alpha value is -2.47. The number of benzene rings is 2. The Morgan fingerprint density at radius 1 is 0.971 bits per heavy atom. The number of amides is 1. The first-order chi connectivity index (χ1) is 16.5. The van der Waals surface area contributed by atoms with Crippen LogP contribution in [0.2, 0.25) is 0 Å². The molecule has 3 rings (SSSR count). The van der Waals surface area contributed by atoms with Gasteiger partial charge in [-0.2, -0.15) is 4.31 Å². The number of nitrogens with zero attached hydrogens (tertiary/aromatic N) is 2. The van der Waals surface area contributed by atoms with Crippen LogP contribution < -0.4 is 10.1 Å². The van der Waals surface area contributed by atoms with E-state index in [1.165, 1.54) is 36.6 Å². The van der Waals surface area contributed by atoms with Gasteiger partial charge in [0.05, 0.1) is 16.3 Å². The van der Waals surface area contributed by atoms with Gasteiger partial charge in [-0.15, -0.1) is 0 Å². The summed E-state index contributed by atoms with van der Waals surface area (Å²) < 4.78 is 58.9. The van der Waals surface area contributed by atoms with Crippen molar-refractivity contribution in [3.05, 3.63) is 53.6 Å². The lowest BCUT2D eigenvalue weighted by atomic mass is 10.1. The summed E-state index contributed by atoms with van der Waals surface area (Å²) in [5.41, 5.74) is 0.871. The van der Waals surface area contributed by atoms with E-state index >= 15 is 0 Å². The van der Waals surface area contributed by atoms with Gasteiger partial charge in [0.15, 0.2) is 0 Å². The molecule has 2 aromatic rings. The van der Waals surface area contributed by atoms with E-state index in [-0.39, 0.29) is 28.5 Å². The number of carbonyl (C=O) groups is 1. The zero-order chi connectivity index (χ0) is 25.6. The van der Waals surface area contributed by atoms with Gasteiger partial charge in [0.1, 0.15) is 12.4 Å². The number of aryl methyl sites for hydroxylation is 1. The SMILES string of the molecule is Cc1ccc(C(=O)NCCOc2ccc(S(=O)(=O)N(C)C)cc2)cc1S(=O)(=O)N1CCCCCC1. The molecule has 1 N–H and O–H groups in total. The summed E-state index contributed by atoms with van der Waals surface area (Å²) in [6.45, 7) is 3.08. The topological polar surface area (TPSA) is 113 Å². The molecular weight excluding hydrogens is 490 g/mol. The molecule has 11 heteroatoms. The Bertz CT molecular complexity index is 1230. The number of hydrogen-bond acceptors (Lipinski definition) is 6. The van der Waals surface area contributed by atoms with Crippen molar-refractivity contribution in [1.82, 2.24) is 13.9 Å². The summed E-state index contributed by atoms with van der Waals surface area (Å²) >= 11 is 0. The molecule has 192 valence electrons. The molecule has 0 aliphatic carbocycles. The Morgan fingerprint density at radius 3 is 2.20 bits per heavy atom. The van der Waals surface area contributed by atoms with Crippen LogP contribution in [0.5, 0.6) is 5.75 Å². The number of ether oxygens (including phenoxy) is 1. The van der Waals surface area contributed by atoms with Crippen LogP contribution in [0.4, 0.5) is 0 Å². The Balaban J connectivity index is 1.59. The number of carbonyl (C=O) groups excluding carboxylic acids is 1. The first kappa shape index (κ1) is 27.1. The molecule has 1 fully saturated rings. The summed E-state index contributed by atoms with van der Waals surface area (Å²) in [5, 5.41) is 2.73. The van der Waals surface area contributed by atoms with Gasteiger partial charge < -0.3 is 10.1 Å². The number of sulfonamides is 2. The van der Waals surface area contributed by atoms with Crippen LogP contribution in [0, 0.1) is 6.92 Å². The van der Waals surface area contributed by atoms with Crippen LogP contribution in [-0.4, -0.2) is 71.7 Å². The minimum atomic E-state index is -3.67. The summed E-state index contributed by atoms with van der Waals surface area (Å²) in [6.07, 6.45) is 3.73. The first-order valence-corrected chi connectivity index (χ1v) is 14.5. The predicted octanol–water partition coefficient (Wildman–Crippen LogP) is 2.62. The van der Waals surface area contributed by atoms with E-state index in [9.17, 15) is 21.6 Å². The molecule has 1 aliphatic heterocycles. The average Bonchev–Trinajstić information content (AvgIpc) is 3.12. The van der Waals surface area contributed by atoms with Crippen molar-refractivity contribution in [1.29, 1.82) is 0 Å². The molecule has 0 spiro atoms. The molecule has 1 saturated heterocycles. The lowest BCUT2D eigenvalue weighted by Gasteiger charge is -2.21. The second kappa shape index (κ2) is 11.5. The van der Waals surface area contributed by atoms with Gasteiger partial charge in [-0.25, -0.2) is 21.1 Å². The first-order valence-electron chi connectivity index (χ1n) is 11.6. The maximum Gasteiger partial charge on any atom is 0.251 e. The summed E-state index contributed by atoms with van der Waals surface area (Å²) in [4.78, 5) is 13.0. The van der Waals surface area contributed by atoms with Crippen molar-refractivity contribution in [2.45, 2.75) is 42.4 Å². The van der Waals surface area contributed by atoms with E-state index in [1.54, 1.807) is 31.2 Å². The van der Waals surface area contributed by atoms with Crippen LogP contribution in [0.25, 0.3) is 0 Å². The quantitative estimate of drug-likeness (QED) is 0.506. The van der Waals surface area contributed by atoms with E-state index in [2.05, 4.69) is 5.32 Å². The fourth-order valence-corrected chi connectivity index (χ4v) is 6.46. The normalized spacial score (nSPS) is 15.5. The van der Waals surface area contributed by atoms with Crippen molar-refractivity contribution in [3.63, 3.8) is 0 Å². The fraction of sp³-hybridized carbons (Fsp3) is 0.458. The zero-order valence-corrected chi connectivity index (χ0v) is 22.0. The van der Waals surface area contributed by atoms with Crippen LogP contribution in [0.1, 0.15) is 41.6 Å². The van der Waals surface area contributed by atoms with E-state index in [0.717, 1.165) is 30.0 Å². The zero-order valence-electron chi connectivity index (χ0n) is 20.4. The Labute approximate surface area is 208 Å². The molecule has 1 aliphatic rings. The fourth-order valence-electron chi connectivity index (χ4n) is 3.79. The highest BCUT2D eigenvalue weighted by atomic mass is 32.2. The third kappa shape index (κ3) is 6.60. The van der Waals surface area contributed by atoms with Gasteiger partial charge in [0.2, 0.25) is 20.0 Å². The molecule has 1 heterocycles. The highest BCUT2D eigenvalue weighted by Gasteiger charge is 2.27. The van der Waals surface area contributed by atoms with E-state index in [0.29, 0.717) is 24.4 Å². The molecule has 35 heavy (non-hydrogen) atoms. The molecule has 0 atom stereocenters. The Morgan fingerprint density at radius 2 is 1.60 bits per heavy atom. The number of nitrogens with one attached hydrogen (secondary N) is 1. The lowest BCUT2D eigenvalue weighted by Crippen LogP contribution is -2.33. The van der Waals surface area contributed by atoms with Gasteiger partial charge in [-0.1, -0.05) is 18.9 Å². The van der Waals surface area contributed by atoms with Crippen LogP contribution in [0.15, 0.2) is 52.3 Å². The van der Waals surface area contributed by atoms with E-state index in [4.69, 9.17) is 4.74 Å². The van der Waals surface area contributed by atoms with Gasteiger partial charge in [0, 0.05) is 32.7 Å². The van der Waals surface area contributed by atoms with Gasteiger partial charge >= 0.3 is 0 Å². The molecule has 0 bridgehead atoms. The standard InChI is InChI=1S/C24H33N3O6S2/c1-19-8-9-20(18-23(19)35(31,32)27-15-6-4-5-7-16-27)24(28)25-14-17-33-21-10-12-22(13-11-21)34(29,30)26(2)3/h8-13,18H,4-7,14-17H2,1-3H3,(H,25,28). The van der Waals surface area contributed by atoms with Crippen molar-refractivity contribution < 1.29 is 26.4 Å². The van der Waals surface area contributed by atoms with Crippen molar-refractivity contribution in [2.24, 2.45) is 0 Å². The highest BCUT2D eigenvalue weighted by Crippen LogP contribution is 2.24. The van der Waals surface area contributed by atoms with Crippen molar-refractivity contribution in [3.8, 4) is 5.75 Å². The molecule has 9 nitrogen and oxygen atoms in total. The third-order valence-corrected chi connectivity index (χ3v) is 9.76. The lowest BCUT2D eigenvalue weighted by molar-refractivity contribution is 0.0946. The summed E-state index contributed by atoms with van der Waals surface area (Å²) in [6, 6.07) is 10.7. The second-order valence-electron chi connectivity index (χ2n) is 8.66. The number of hydrogen-bond donors (Lipinski definition) is 1. The minimum Gasteiger partial charge on any atom is -0.492 e. The second-order valence-corrected chi connectivity index (χ2v) is 12.7. The summed E-state index contributed by atoms with van der Waals surface area (Å²) in [5.74, 6) is 0.0754. The molecule has 1 amide bonds. The van der Waals surface area contributed by atoms with Gasteiger partial charge in [0.25, 0.3) is 5.91 Å². The van der Waals surface area contributed by atoms with Crippen LogP contribution in [-0.2, 0) is 20.0 Å². The average molecular weight is 524 g/mol. The molecule has 0 radical (unpaired) electrons. The summed E-state index contributed by atoms with van der Waals surface area (Å²) in [7, 11) is -4.26. The minimum absolute atomic E-state index is 0.161. The van der Waals surface area contributed by atoms with E-state index in [1.807, 2.05) is 0 Å². The van der Waals surface area contributed by atoms with E-state index < -0.39 is 26.0 Å². The largest absolute Gasteiger partial charge is 0.492 e. The molecular formula is C24H33N3O6S2. The molecule has 2 aromatic carbocycles. The van der Waals surface area contributed by atoms with Crippen LogP contribution >= 0.6 is 0 Å². The maximum atomic E-state index is 13.2. The van der Waals surface area contributed by atoms with Crippen LogP contribution in [0.3, 0.4) is 0 Å². The monoisotopic (exact) mass is 523 g/mol. The van der Waals surface area contributed by atoms with Gasteiger partial charge in [-0.3, -0.25) is 4.79 Å². The predicted molar refractivity (Wildman–Crippen MR) is 134 cm³/mol. The van der Waals surface area contributed by atoms with Crippen molar-refractivity contribution in [2.75, 3.05) is 40.3 Å². The number of rotatable bonds is 9.